The molecule has 2 nitrogen and oxygen atoms in total. The summed E-state index contributed by atoms with van der Waals surface area (Å²) < 4.78 is 2.44. The van der Waals surface area contributed by atoms with Crippen LogP contribution >= 0.6 is 0 Å². The van der Waals surface area contributed by atoms with E-state index in [4.69, 9.17) is 0 Å². The summed E-state index contributed by atoms with van der Waals surface area (Å²) in [5.74, 6) is 0. The van der Waals surface area contributed by atoms with Crippen molar-refractivity contribution in [2.75, 3.05) is 4.90 Å². The van der Waals surface area contributed by atoms with Gasteiger partial charge in [-0.15, -0.1) is 0 Å². The van der Waals surface area contributed by atoms with Gasteiger partial charge in [0.25, 0.3) is 0 Å². The zero-order valence-corrected chi connectivity index (χ0v) is 34.4. The fourth-order valence-corrected chi connectivity index (χ4v) is 10.9. The van der Waals surface area contributed by atoms with Gasteiger partial charge in [-0.1, -0.05) is 173 Å². The standard InChI is InChI=1S/C58H44N2/c1-57(2)49-26-12-8-24-47(49)56-50(57)27-16-30-55(56)59(39-31-32-43-42-20-7-11-25-48(42)58(3,4)51(43)36-39)38-18-15-17-37(35-38)40-33-34-54(44-21-6-5-19-41(40)44)60-52-28-13-9-22-45(52)46-23-10-14-29-53(46)60/h5-36H,1-4H3. The van der Waals surface area contributed by atoms with Crippen molar-refractivity contribution in [3.8, 4) is 39.1 Å². The van der Waals surface area contributed by atoms with Crippen LogP contribution in [0.25, 0.3) is 71.6 Å². The highest BCUT2D eigenvalue weighted by Gasteiger charge is 2.39. The summed E-state index contributed by atoms with van der Waals surface area (Å²) in [6.07, 6.45) is 0. The second-order valence-electron chi connectivity index (χ2n) is 17.7. The van der Waals surface area contributed by atoms with Gasteiger partial charge in [0, 0.05) is 43.9 Å². The molecule has 0 fully saturated rings. The number of rotatable bonds is 5. The summed E-state index contributed by atoms with van der Waals surface area (Å²) in [5.41, 5.74) is 20.1. The first-order valence-electron chi connectivity index (χ1n) is 21.2. The van der Waals surface area contributed by atoms with Crippen molar-refractivity contribution in [2.24, 2.45) is 0 Å². The Labute approximate surface area is 351 Å². The van der Waals surface area contributed by atoms with E-state index < -0.39 is 0 Å². The third kappa shape index (κ3) is 4.82. The number of fused-ring (bicyclic) bond motifs is 10. The van der Waals surface area contributed by atoms with Crippen molar-refractivity contribution < 1.29 is 0 Å². The summed E-state index contributed by atoms with van der Waals surface area (Å²) in [4.78, 5) is 2.52. The Morgan fingerprint density at radius 1 is 0.367 bits per heavy atom. The molecule has 9 aromatic carbocycles. The molecule has 0 saturated heterocycles. The second kappa shape index (κ2) is 12.7. The molecule has 60 heavy (non-hydrogen) atoms. The van der Waals surface area contributed by atoms with Gasteiger partial charge >= 0.3 is 0 Å². The number of anilines is 3. The molecule has 0 spiro atoms. The van der Waals surface area contributed by atoms with Gasteiger partial charge in [0.1, 0.15) is 0 Å². The van der Waals surface area contributed by atoms with Crippen LogP contribution in [0.1, 0.15) is 49.9 Å². The summed E-state index contributed by atoms with van der Waals surface area (Å²) >= 11 is 0. The summed E-state index contributed by atoms with van der Waals surface area (Å²) in [6, 6.07) is 72.3. The monoisotopic (exact) mass is 768 g/mol. The van der Waals surface area contributed by atoms with Crippen LogP contribution in [0.15, 0.2) is 194 Å². The Hall–Kier alpha value is -7.16. The van der Waals surface area contributed by atoms with Crippen LogP contribution in [0.4, 0.5) is 17.1 Å². The van der Waals surface area contributed by atoms with E-state index in [1.54, 1.807) is 0 Å². The van der Waals surface area contributed by atoms with Crippen molar-refractivity contribution >= 4 is 49.6 Å². The minimum atomic E-state index is -0.125. The van der Waals surface area contributed by atoms with Gasteiger partial charge in [-0.25, -0.2) is 0 Å². The molecule has 286 valence electrons. The molecule has 1 aromatic heterocycles. The maximum absolute atomic E-state index is 2.52. The first-order valence-corrected chi connectivity index (χ1v) is 21.2. The Morgan fingerprint density at radius 2 is 0.900 bits per heavy atom. The molecule has 0 atom stereocenters. The molecule has 12 rings (SSSR count). The molecular weight excluding hydrogens is 725 g/mol. The van der Waals surface area contributed by atoms with Crippen LogP contribution < -0.4 is 4.90 Å². The zero-order valence-electron chi connectivity index (χ0n) is 34.4. The fourth-order valence-electron chi connectivity index (χ4n) is 10.9. The molecule has 0 bridgehead atoms. The van der Waals surface area contributed by atoms with E-state index in [2.05, 4.69) is 231 Å². The van der Waals surface area contributed by atoms with Crippen molar-refractivity contribution in [2.45, 2.75) is 38.5 Å². The highest BCUT2D eigenvalue weighted by Crippen LogP contribution is 2.56. The van der Waals surface area contributed by atoms with Crippen LogP contribution in [-0.4, -0.2) is 4.57 Å². The summed E-state index contributed by atoms with van der Waals surface area (Å²) in [5, 5.41) is 5.00. The van der Waals surface area contributed by atoms with Gasteiger partial charge in [-0.3, -0.25) is 0 Å². The first kappa shape index (κ1) is 34.8. The summed E-state index contributed by atoms with van der Waals surface area (Å²) in [7, 11) is 0. The topological polar surface area (TPSA) is 8.17 Å². The van der Waals surface area contributed by atoms with Crippen LogP contribution in [-0.2, 0) is 10.8 Å². The van der Waals surface area contributed by atoms with Crippen molar-refractivity contribution in [1.82, 2.24) is 4.57 Å². The highest BCUT2D eigenvalue weighted by molar-refractivity contribution is 6.11. The Kier molecular flexibility index (Phi) is 7.36. The number of aromatic nitrogens is 1. The number of hydrogen-bond donors (Lipinski definition) is 0. The van der Waals surface area contributed by atoms with E-state index in [9.17, 15) is 0 Å². The summed E-state index contributed by atoms with van der Waals surface area (Å²) in [6.45, 7) is 9.49. The second-order valence-corrected chi connectivity index (χ2v) is 17.7. The predicted octanol–water partition coefficient (Wildman–Crippen LogP) is 15.7. The maximum Gasteiger partial charge on any atom is 0.0543 e. The van der Waals surface area contributed by atoms with Gasteiger partial charge in [0.2, 0.25) is 0 Å². The molecule has 0 aliphatic heterocycles. The van der Waals surface area contributed by atoms with E-state index in [1.165, 1.54) is 99.6 Å². The average molecular weight is 769 g/mol. The largest absolute Gasteiger partial charge is 0.310 e. The van der Waals surface area contributed by atoms with Gasteiger partial charge in [-0.2, -0.15) is 0 Å². The molecule has 1 heterocycles. The van der Waals surface area contributed by atoms with Crippen LogP contribution in [0.5, 0.6) is 0 Å². The maximum atomic E-state index is 2.52. The SMILES string of the molecule is CC1(C)c2ccccc2-c2ccc(N(c3cccc(-c4ccc(-n5c6ccccc6c6ccccc65)c5ccccc45)c3)c3cccc4c3-c3ccccc3C4(C)C)cc21. The van der Waals surface area contributed by atoms with Gasteiger partial charge in [0.05, 0.1) is 22.4 Å². The lowest BCUT2D eigenvalue weighted by atomic mass is 9.82. The number of nitrogens with zero attached hydrogens (tertiary/aromatic N) is 2. The van der Waals surface area contributed by atoms with E-state index in [0.29, 0.717) is 0 Å². The molecule has 0 amide bonds. The van der Waals surface area contributed by atoms with Gasteiger partial charge in [0.15, 0.2) is 0 Å². The van der Waals surface area contributed by atoms with E-state index >= 15 is 0 Å². The third-order valence-corrected chi connectivity index (χ3v) is 13.8. The molecule has 2 heteroatoms. The average Bonchev–Trinajstić information content (AvgIpc) is 3.83. The van der Waals surface area contributed by atoms with E-state index in [1.807, 2.05) is 0 Å². The van der Waals surface area contributed by atoms with Gasteiger partial charge < -0.3 is 9.47 Å². The van der Waals surface area contributed by atoms with Crippen LogP contribution in [0, 0.1) is 0 Å². The Bertz CT molecular complexity index is 3340. The van der Waals surface area contributed by atoms with Crippen molar-refractivity contribution in [3.05, 3.63) is 216 Å². The molecular formula is C58H44N2. The molecule has 0 unspecified atom stereocenters. The lowest BCUT2D eigenvalue weighted by molar-refractivity contribution is 0.660. The minimum absolute atomic E-state index is 0.117. The molecule has 10 aromatic rings. The molecule has 0 saturated carbocycles. The van der Waals surface area contributed by atoms with Crippen LogP contribution in [0.3, 0.4) is 0 Å². The normalized spacial score (nSPS) is 14.3. The minimum Gasteiger partial charge on any atom is -0.310 e. The zero-order chi connectivity index (χ0) is 40.3. The Morgan fingerprint density at radius 3 is 1.65 bits per heavy atom. The lowest BCUT2D eigenvalue weighted by Gasteiger charge is -2.30. The highest BCUT2D eigenvalue weighted by atomic mass is 15.1. The molecule has 0 radical (unpaired) electrons. The fraction of sp³-hybridized carbons (Fsp3) is 0.103. The van der Waals surface area contributed by atoms with E-state index in [-0.39, 0.29) is 10.8 Å². The smallest absolute Gasteiger partial charge is 0.0543 e. The van der Waals surface area contributed by atoms with Crippen LogP contribution in [0.2, 0.25) is 0 Å². The van der Waals surface area contributed by atoms with E-state index in [0.717, 1.165) is 11.4 Å². The predicted molar refractivity (Wildman–Crippen MR) is 254 cm³/mol. The first-order chi connectivity index (χ1) is 29.3. The quantitative estimate of drug-likeness (QED) is 0.169. The molecule has 0 N–H and O–H groups in total. The van der Waals surface area contributed by atoms with Gasteiger partial charge in [-0.05, 0) is 104 Å². The number of para-hydroxylation sites is 2. The Balaban J connectivity index is 1.07. The molecule has 2 aliphatic carbocycles. The molecule has 2 aliphatic rings. The number of benzene rings is 9. The van der Waals surface area contributed by atoms with Crippen molar-refractivity contribution in [3.63, 3.8) is 0 Å². The lowest BCUT2D eigenvalue weighted by Crippen LogP contribution is -2.17. The third-order valence-electron chi connectivity index (χ3n) is 13.8. The number of hydrogen-bond acceptors (Lipinski definition) is 1. The van der Waals surface area contributed by atoms with Crippen molar-refractivity contribution in [1.29, 1.82) is 0 Å².